The van der Waals surface area contributed by atoms with Crippen LogP contribution < -0.4 is 24.8 Å². The van der Waals surface area contributed by atoms with Crippen molar-refractivity contribution < 1.29 is 42.1 Å². The standard InChI is InChI=1S/C28H28FNO4.C27H26FNO3/c1-17-15-28(2,3)30-24-12-11-21(22-10-9-19(29)14-25(22)33-5)23(26(17)24)16-34-27(31)18-7-6-8-20(13-18)32-4;1-17-15-27(2,3)29-23-13-12-20(21-11-10-19(28)14-24(21)31-4)22(25(17)23)16-32-26(30)18-8-6-5-7-9-18/h6-15,30H,16H2,1-5H3;5-15,29H,16H2,1-4H3. The molecule has 0 spiro atoms. The van der Waals surface area contributed by atoms with Crippen LogP contribution in [-0.4, -0.2) is 44.3 Å². The molecule has 0 atom stereocenters. The Morgan fingerprint density at radius 3 is 1.41 bits per heavy atom. The molecule has 2 aliphatic heterocycles. The maximum absolute atomic E-state index is 13.9. The van der Waals surface area contributed by atoms with Crippen LogP contribution in [-0.2, 0) is 22.7 Å². The first-order chi connectivity index (χ1) is 31.5. The molecule has 0 bridgehead atoms. The number of carbonyl (C=O) groups is 2. The fourth-order valence-corrected chi connectivity index (χ4v) is 8.74. The molecule has 66 heavy (non-hydrogen) atoms. The number of anilines is 2. The molecule has 0 fully saturated rings. The van der Waals surface area contributed by atoms with Gasteiger partial charge in [-0.1, -0.05) is 48.6 Å². The summed E-state index contributed by atoms with van der Waals surface area (Å²) in [7, 11) is 4.57. The van der Waals surface area contributed by atoms with E-state index in [1.807, 2.05) is 37.3 Å². The molecule has 0 aromatic heterocycles. The number of nitrogens with one attached hydrogen (secondary N) is 2. The number of benzene rings is 6. The molecule has 0 unspecified atom stereocenters. The van der Waals surface area contributed by atoms with E-state index in [1.165, 1.54) is 38.5 Å². The SMILES string of the molecule is COc1cc(F)ccc1-c1ccc2c(c1COC(=O)c1ccccc1)C(C)=CC(C)(C)N2.COc1cccc(C(=O)OCc2c(-c3ccc(F)cc3OC)ccc3c2C(C)=CC(C)(C)N3)c1. The van der Waals surface area contributed by atoms with Gasteiger partial charge in [-0.15, -0.1) is 0 Å². The van der Waals surface area contributed by atoms with Crippen molar-refractivity contribution in [1.82, 2.24) is 0 Å². The van der Waals surface area contributed by atoms with E-state index in [0.717, 1.165) is 67.0 Å². The predicted molar refractivity (Wildman–Crippen MR) is 257 cm³/mol. The van der Waals surface area contributed by atoms with E-state index in [-0.39, 0.29) is 35.9 Å². The number of halogens is 2. The lowest BCUT2D eigenvalue weighted by atomic mass is 9.85. The van der Waals surface area contributed by atoms with Crippen molar-refractivity contribution in [2.45, 2.75) is 65.8 Å². The van der Waals surface area contributed by atoms with Gasteiger partial charge in [0.05, 0.1) is 43.5 Å². The Morgan fingerprint density at radius 1 is 0.515 bits per heavy atom. The zero-order valence-electron chi connectivity index (χ0n) is 38.7. The van der Waals surface area contributed by atoms with Gasteiger partial charge in [0, 0.05) is 56.9 Å². The molecule has 9 nitrogen and oxygen atoms in total. The molecule has 8 rings (SSSR count). The maximum Gasteiger partial charge on any atom is 0.338 e. The Kier molecular flexibility index (Phi) is 13.7. The summed E-state index contributed by atoms with van der Waals surface area (Å²) in [5, 5.41) is 7.07. The fourth-order valence-electron chi connectivity index (χ4n) is 8.74. The molecule has 2 aliphatic rings. The number of hydrogen-bond acceptors (Lipinski definition) is 9. The molecular formula is C55H54F2N2O7. The van der Waals surface area contributed by atoms with E-state index in [9.17, 15) is 18.4 Å². The zero-order valence-corrected chi connectivity index (χ0v) is 38.7. The van der Waals surface area contributed by atoms with Gasteiger partial charge in [0.2, 0.25) is 0 Å². The molecular weight excluding hydrogens is 839 g/mol. The third-order valence-electron chi connectivity index (χ3n) is 11.4. The second-order valence-corrected chi connectivity index (χ2v) is 17.3. The Morgan fingerprint density at radius 2 is 0.955 bits per heavy atom. The minimum Gasteiger partial charge on any atom is -0.497 e. The van der Waals surface area contributed by atoms with Crippen LogP contribution in [0.4, 0.5) is 20.2 Å². The summed E-state index contributed by atoms with van der Waals surface area (Å²) < 4.78 is 55.4. The summed E-state index contributed by atoms with van der Waals surface area (Å²) >= 11 is 0. The monoisotopic (exact) mass is 892 g/mol. The Bertz CT molecular complexity index is 2870. The number of esters is 2. The van der Waals surface area contributed by atoms with E-state index in [0.29, 0.717) is 28.4 Å². The highest BCUT2D eigenvalue weighted by Gasteiger charge is 2.29. The lowest BCUT2D eigenvalue weighted by Gasteiger charge is -2.33. The Balaban J connectivity index is 0.000000197. The molecule has 0 amide bonds. The first-order valence-electron chi connectivity index (χ1n) is 21.5. The third kappa shape index (κ3) is 10.3. The van der Waals surface area contributed by atoms with Crippen LogP contribution in [0.25, 0.3) is 33.4 Å². The summed E-state index contributed by atoms with van der Waals surface area (Å²) in [5.74, 6) is -0.208. The summed E-state index contributed by atoms with van der Waals surface area (Å²) in [6.07, 6.45) is 4.30. The summed E-state index contributed by atoms with van der Waals surface area (Å²) in [6.45, 7) is 12.6. The van der Waals surface area contributed by atoms with Gasteiger partial charge in [-0.25, -0.2) is 18.4 Å². The predicted octanol–water partition coefficient (Wildman–Crippen LogP) is 12.9. The second kappa shape index (κ2) is 19.4. The number of carbonyl (C=O) groups excluding carboxylic acids is 2. The molecule has 340 valence electrons. The number of allylic oxidation sites excluding steroid dienone is 2. The Hall–Kier alpha value is -7.40. The van der Waals surface area contributed by atoms with Crippen molar-refractivity contribution in [3.63, 3.8) is 0 Å². The molecule has 0 aliphatic carbocycles. The molecule has 6 aromatic rings. The molecule has 2 N–H and O–H groups in total. The average Bonchev–Trinajstić information content (AvgIpc) is 3.29. The number of ether oxygens (including phenoxy) is 5. The Labute approximate surface area is 385 Å². The van der Waals surface area contributed by atoms with Crippen LogP contribution in [0.5, 0.6) is 17.2 Å². The van der Waals surface area contributed by atoms with E-state index in [2.05, 4.69) is 57.4 Å². The van der Waals surface area contributed by atoms with E-state index < -0.39 is 11.9 Å². The number of hydrogen-bond donors (Lipinski definition) is 2. The summed E-state index contributed by atoms with van der Waals surface area (Å²) in [6, 6.07) is 32.5. The molecule has 0 radical (unpaired) electrons. The van der Waals surface area contributed by atoms with Crippen molar-refractivity contribution in [3.05, 3.63) is 172 Å². The molecule has 0 saturated carbocycles. The quantitative estimate of drug-likeness (QED) is 0.123. The van der Waals surface area contributed by atoms with E-state index in [4.69, 9.17) is 23.7 Å². The van der Waals surface area contributed by atoms with Crippen molar-refractivity contribution in [1.29, 1.82) is 0 Å². The first kappa shape index (κ1) is 46.6. The van der Waals surface area contributed by atoms with Crippen molar-refractivity contribution in [3.8, 4) is 39.5 Å². The van der Waals surface area contributed by atoms with Gasteiger partial charge in [0.25, 0.3) is 0 Å². The van der Waals surface area contributed by atoms with Crippen molar-refractivity contribution >= 4 is 34.5 Å². The van der Waals surface area contributed by atoms with Gasteiger partial charge in [-0.2, -0.15) is 0 Å². The van der Waals surface area contributed by atoms with Gasteiger partial charge in [0.15, 0.2) is 0 Å². The minimum absolute atomic E-state index is 0.0301. The van der Waals surface area contributed by atoms with Gasteiger partial charge in [0.1, 0.15) is 42.1 Å². The lowest BCUT2D eigenvalue weighted by molar-refractivity contribution is 0.0464. The number of methoxy groups -OCH3 is 3. The minimum atomic E-state index is -0.459. The highest BCUT2D eigenvalue weighted by Crippen LogP contribution is 2.45. The van der Waals surface area contributed by atoms with Gasteiger partial charge < -0.3 is 34.3 Å². The van der Waals surface area contributed by atoms with Crippen LogP contribution in [0.1, 0.15) is 84.5 Å². The van der Waals surface area contributed by atoms with Crippen LogP contribution in [0, 0.1) is 11.6 Å². The smallest absolute Gasteiger partial charge is 0.338 e. The van der Waals surface area contributed by atoms with Crippen molar-refractivity contribution in [2.75, 3.05) is 32.0 Å². The lowest BCUT2D eigenvalue weighted by Crippen LogP contribution is -2.32. The summed E-state index contributed by atoms with van der Waals surface area (Å²) in [5.41, 5.74) is 11.2. The van der Waals surface area contributed by atoms with Crippen LogP contribution in [0.2, 0.25) is 0 Å². The number of rotatable bonds is 11. The molecule has 0 saturated heterocycles. The number of fused-ring (bicyclic) bond motifs is 2. The van der Waals surface area contributed by atoms with E-state index in [1.54, 1.807) is 67.8 Å². The van der Waals surface area contributed by atoms with Crippen LogP contribution in [0.15, 0.2) is 127 Å². The highest BCUT2D eigenvalue weighted by atomic mass is 19.1. The highest BCUT2D eigenvalue weighted by molar-refractivity contribution is 5.93. The van der Waals surface area contributed by atoms with Gasteiger partial charge in [-0.3, -0.25) is 0 Å². The van der Waals surface area contributed by atoms with Crippen LogP contribution in [0.3, 0.4) is 0 Å². The summed E-state index contributed by atoms with van der Waals surface area (Å²) in [4.78, 5) is 25.5. The maximum atomic E-state index is 13.9. The first-order valence-corrected chi connectivity index (χ1v) is 21.5. The van der Waals surface area contributed by atoms with Gasteiger partial charge >= 0.3 is 11.9 Å². The average molecular weight is 893 g/mol. The topological polar surface area (TPSA) is 104 Å². The fraction of sp³-hybridized carbons (Fsp3) is 0.236. The van der Waals surface area contributed by atoms with Crippen LogP contribution >= 0.6 is 0 Å². The molecule has 6 aromatic carbocycles. The largest absolute Gasteiger partial charge is 0.497 e. The third-order valence-corrected chi connectivity index (χ3v) is 11.4. The van der Waals surface area contributed by atoms with E-state index >= 15 is 0 Å². The second-order valence-electron chi connectivity index (χ2n) is 17.3. The van der Waals surface area contributed by atoms with Crippen molar-refractivity contribution in [2.24, 2.45) is 0 Å². The molecule has 2 heterocycles. The normalized spacial score (nSPS) is 14.0. The van der Waals surface area contributed by atoms with Gasteiger partial charge in [-0.05, 0) is 131 Å². The zero-order chi connectivity index (χ0) is 47.3. The molecule has 11 heteroatoms.